The lowest BCUT2D eigenvalue weighted by molar-refractivity contribution is -0.144. The molecule has 0 saturated carbocycles. The summed E-state index contributed by atoms with van der Waals surface area (Å²) in [5.41, 5.74) is -2.51. The van der Waals surface area contributed by atoms with Gasteiger partial charge in [-0.15, -0.1) is 0 Å². The fourth-order valence-corrected chi connectivity index (χ4v) is 2.61. The number of nitrogens with one attached hydrogen (secondary N) is 1. The molecule has 6 nitrogen and oxygen atoms in total. The van der Waals surface area contributed by atoms with E-state index in [-0.39, 0.29) is 23.7 Å². The first-order valence-electron chi connectivity index (χ1n) is 7.59. The average molecular weight is 384 g/mol. The molecule has 0 fully saturated rings. The smallest absolute Gasteiger partial charge is 0.407 e. The number of azo groups is 1. The molecular weight excluding hydrogens is 369 g/mol. The molecule has 2 unspecified atom stereocenters. The Labute approximate surface area is 153 Å². The minimum absolute atomic E-state index is 0.0748. The molecule has 1 aromatic carbocycles. The first kappa shape index (κ1) is 19.8. The number of esters is 1. The number of carbonyl (C=O) groups is 1. The number of thiocarbonyl (C=S) groups is 1. The van der Waals surface area contributed by atoms with E-state index in [0.29, 0.717) is 0 Å². The quantitative estimate of drug-likeness (QED) is 0.470. The largest absolute Gasteiger partial charge is 0.464 e. The molecule has 0 bridgehead atoms. The Balaban J connectivity index is 2.17. The van der Waals surface area contributed by atoms with Gasteiger partial charge in [0.15, 0.2) is 11.7 Å². The molecular formula is C16H15F3N4O2S. The van der Waals surface area contributed by atoms with E-state index in [2.05, 4.69) is 20.4 Å². The van der Waals surface area contributed by atoms with Gasteiger partial charge in [0.25, 0.3) is 0 Å². The monoisotopic (exact) mass is 384 g/mol. The Morgan fingerprint density at radius 3 is 2.81 bits per heavy atom. The Bertz CT molecular complexity index is 804. The molecule has 10 heteroatoms. The number of ether oxygens (including phenoxy) is 1. The fourth-order valence-electron chi connectivity index (χ4n) is 2.37. The van der Waals surface area contributed by atoms with E-state index in [1.165, 1.54) is 6.07 Å². The predicted octanol–water partition coefficient (Wildman–Crippen LogP) is 4.54. The summed E-state index contributed by atoms with van der Waals surface area (Å²) >= 11 is 5.25. The van der Waals surface area contributed by atoms with Crippen LogP contribution >= 0.6 is 12.2 Å². The van der Waals surface area contributed by atoms with Crippen LogP contribution in [0.3, 0.4) is 0 Å². The maximum Gasteiger partial charge on any atom is 0.407 e. The SMILES string of the molecule is [C-]#[N+]c1ccc(NC(=S)C2(C)CC(C(=O)OCC)N=N2)cc1C(F)(F)F. The van der Waals surface area contributed by atoms with E-state index in [1.54, 1.807) is 13.8 Å². The highest BCUT2D eigenvalue weighted by atomic mass is 32.1. The number of nitrogens with zero attached hydrogens (tertiary/aromatic N) is 3. The van der Waals surface area contributed by atoms with Crippen molar-refractivity contribution < 1.29 is 22.7 Å². The summed E-state index contributed by atoms with van der Waals surface area (Å²) in [4.78, 5) is 14.7. The molecule has 1 N–H and O–H groups in total. The van der Waals surface area contributed by atoms with Crippen LogP contribution < -0.4 is 5.32 Å². The van der Waals surface area contributed by atoms with Gasteiger partial charge in [-0.3, -0.25) is 0 Å². The Kier molecular flexibility index (Phi) is 5.61. The standard InChI is InChI=1S/C16H15F3N4O2S/c1-4-25-13(24)12-8-15(2,23-22-12)14(26)21-9-5-6-11(20-3)10(7-9)16(17,18)19/h5-7,12H,4,8H2,1-2H3,(H,21,26). The summed E-state index contributed by atoms with van der Waals surface area (Å²) in [5, 5.41) is 10.6. The molecule has 1 aliphatic heterocycles. The summed E-state index contributed by atoms with van der Waals surface area (Å²) in [5.74, 6) is -0.524. The van der Waals surface area contributed by atoms with Gasteiger partial charge in [0.05, 0.1) is 18.7 Å². The molecule has 2 atom stereocenters. The van der Waals surface area contributed by atoms with Gasteiger partial charge in [-0.25, -0.2) is 9.64 Å². The summed E-state index contributed by atoms with van der Waals surface area (Å²) in [6, 6.07) is 2.42. The lowest BCUT2D eigenvalue weighted by Gasteiger charge is -2.22. The molecule has 0 amide bonds. The number of alkyl halides is 3. The van der Waals surface area contributed by atoms with Crippen LogP contribution in [0.15, 0.2) is 28.4 Å². The van der Waals surface area contributed by atoms with E-state index >= 15 is 0 Å². The number of rotatable bonds is 4. The Hall–Kier alpha value is -2.54. The van der Waals surface area contributed by atoms with Crippen molar-refractivity contribution in [3.05, 3.63) is 35.2 Å². The van der Waals surface area contributed by atoms with Gasteiger partial charge in [-0.05, 0) is 26.0 Å². The zero-order valence-corrected chi connectivity index (χ0v) is 14.7. The number of anilines is 1. The molecule has 0 aromatic heterocycles. The topological polar surface area (TPSA) is 67.4 Å². The molecule has 26 heavy (non-hydrogen) atoms. The van der Waals surface area contributed by atoms with Gasteiger partial charge in [0, 0.05) is 12.1 Å². The molecule has 0 radical (unpaired) electrons. The zero-order chi connectivity index (χ0) is 19.5. The number of hydrogen-bond acceptors (Lipinski definition) is 5. The average Bonchev–Trinajstić information content (AvgIpc) is 2.98. The molecule has 2 rings (SSSR count). The van der Waals surface area contributed by atoms with Crippen molar-refractivity contribution >= 4 is 34.6 Å². The summed E-state index contributed by atoms with van der Waals surface area (Å²) < 4.78 is 44.0. The Morgan fingerprint density at radius 1 is 1.54 bits per heavy atom. The zero-order valence-electron chi connectivity index (χ0n) is 13.9. The highest BCUT2D eigenvalue weighted by molar-refractivity contribution is 7.80. The molecule has 0 spiro atoms. The predicted molar refractivity (Wildman–Crippen MR) is 92.2 cm³/mol. The van der Waals surface area contributed by atoms with E-state index in [1.807, 2.05) is 0 Å². The van der Waals surface area contributed by atoms with Crippen LogP contribution in [0.25, 0.3) is 4.85 Å². The lowest BCUT2D eigenvalue weighted by Crippen LogP contribution is -2.37. The molecule has 1 aliphatic rings. The molecule has 1 aromatic rings. The van der Waals surface area contributed by atoms with Crippen molar-refractivity contribution in [3.63, 3.8) is 0 Å². The lowest BCUT2D eigenvalue weighted by atomic mass is 9.95. The summed E-state index contributed by atoms with van der Waals surface area (Å²) in [7, 11) is 0. The van der Waals surface area contributed by atoms with Crippen molar-refractivity contribution in [2.24, 2.45) is 10.2 Å². The second kappa shape index (κ2) is 7.37. The highest BCUT2D eigenvalue weighted by Gasteiger charge is 2.41. The van der Waals surface area contributed by atoms with E-state index in [0.717, 1.165) is 12.1 Å². The Morgan fingerprint density at radius 2 is 2.23 bits per heavy atom. The van der Waals surface area contributed by atoms with E-state index in [4.69, 9.17) is 23.5 Å². The van der Waals surface area contributed by atoms with Crippen LogP contribution in [-0.2, 0) is 15.7 Å². The van der Waals surface area contributed by atoms with Gasteiger partial charge in [0.1, 0.15) is 10.5 Å². The number of halogens is 3. The van der Waals surface area contributed by atoms with E-state index < -0.39 is 35.0 Å². The van der Waals surface area contributed by atoms with Crippen LogP contribution in [0, 0.1) is 6.57 Å². The van der Waals surface area contributed by atoms with Gasteiger partial charge >= 0.3 is 12.1 Å². The van der Waals surface area contributed by atoms with Crippen LogP contribution in [0.4, 0.5) is 24.5 Å². The van der Waals surface area contributed by atoms with Crippen LogP contribution in [0.1, 0.15) is 25.8 Å². The van der Waals surface area contributed by atoms with Crippen molar-refractivity contribution in [3.8, 4) is 0 Å². The third kappa shape index (κ3) is 4.16. The first-order chi connectivity index (χ1) is 12.1. The third-order valence-electron chi connectivity index (χ3n) is 3.74. The molecule has 0 saturated heterocycles. The summed E-state index contributed by atoms with van der Waals surface area (Å²) in [6.07, 6.45) is -4.50. The van der Waals surface area contributed by atoms with Gasteiger partial charge in [-0.2, -0.15) is 23.4 Å². The van der Waals surface area contributed by atoms with Crippen molar-refractivity contribution in [2.45, 2.75) is 38.0 Å². The number of carbonyl (C=O) groups excluding carboxylic acids is 1. The second-order valence-corrected chi connectivity index (χ2v) is 6.17. The van der Waals surface area contributed by atoms with Crippen molar-refractivity contribution in [1.82, 2.24) is 0 Å². The van der Waals surface area contributed by atoms with Crippen molar-refractivity contribution in [1.29, 1.82) is 0 Å². The first-order valence-corrected chi connectivity index (χ1v) is 8.00. The summed E-state index contributed by atoms with van der Waals surface area (Å²) in [6.45, 7) is 10.3. The van der Waals surface area contributed by atoms with Gasteiger partial charge in [0.2, 0.25) is 0 Å². The molecule has 0 aliphatic carbocycles. The molecule has 138 valence electrons. The minimum atomic E-state index is -4.66. The van der Waals surface area contributed by atoms with Crippen LogP contribution in [0.5, 0.6) is 0 Å². The van der Waals surface area contributed by atoms with Gasteiger partial charge in [-0.1, -0.05) is 18.3 Å². The highest BCUT2D eigenvalue weighted by Crippen LogP contribution is 2.38. The minimum Gasteiger partial charge on any atom is -0.464 e. The molecule has 1 heterocycles. The third-order valence-corrected chi connectivity index (χ3v) is 4.28. The number of hydrogen-bond donors (Lipinski definition) is 1. The van der Waals surface area contributed by atoms with Crippen LogP contribution in [-0.4, -0.2) is 29.1 Å². The van der Waals surface area contributed by atoms with Crippen LogP contribution in [0.2, 0.25) is 0 Å². The number of benzene rings is 1. The van der Waals surface area contributed by atoms with Crippen molar-refractivity contribution in [2.75, 3.05) is 11.9 Å². The second-order valence-electron chi connectivity index (χ2n) is 5.76. The van der Waals surface area contributed by atoms with Gasteiger partial charge < -0.3 is 10.1 Å². The maximum absolute atomic E-state index is 13.1. The maximum atomic E-state index is 13.1. The van der Waals surface area contributed by atoms with E-state index in [9.17, 15) is 18.0 Å². The fraction of sp³-hybridized carbons (Fsp3) is 0.438. The normalized spacial score (nSPS) is 21.9.